The molecule has 0 spiro atoms. The van der Waals surface area contributed by atoms with Crippen LogP contribution in [0, 0.1) is 63.6 Å². The molecule has 5 aliphatic carbocycles. The number of ether oxygens (including phenoxy) is 1. The van der Waals surface area contributed by atoms with Crippen molar-refractivity contribution in [3.63, 3.8) is 0 Å². The van der Waals surface area contributed by atoms with Gasteiger partial charge in [-0.1, -0.05) is 6.92 Å². The first-order chi connectivity index (χ1) is 16.2. The lowest BCUT2D eigenvalue weighted by atomic mass is 9.43. The summed E-state index contributed by atoms with van der Waals surface area (Å²) < 4.78 is 7.56. The average molecular weight is 466 g/mol. The summed E-state index contributed by atoms with van der Waals surface area (Å²) in [7, 11) is 1.85. The summed E-state index contributed by atoms with van der Waals surface area (Å²) in [5.74, 6) is 4.19. The number of hydrogen-bond acceptors (Lipinski definition) is 5. The maximum absolute atomic E-state index is 13.6. The molecule has 3 unspecified atom stereocenters. The number of fused-ring (bicyclic) bond motifs is 7. The van der Waals surface area contributed by atoms with Crippen molar-refractivity contribution >= 4 is 5.78 Å². The fraction of sp³-hybridized carbons (Fsp3) is 0.821. The van der Waals surface area contributed by atoms with Crippen LogP contribution in [0.3, 0.4) is 0 Å². The lowest BCUT2D eigenvalue weighted by Gasteiger charge is -2.63. The molecule has 0 aliphatic heterocycles. The smallest absolute Gasteiger partial charge is 0.162 e. The molecular weight excluding hydrogens is 426 g/mol. The predicted octanol–water partition coefficient (Wildman–Crippen LogP) is 4.22. The van der Waals surface area contributed by atoms with Crippen LogP contribution in [-0.4, -0.2) is 40.0 Å². The summed E-state index contributed by atoms with van der Waals surface area (Å²) in [4.78, 5) is 13.6. The number of nitrogens with zero attached hydrogens (tertiary/aromatic N) is 3. The van der Waals surface area contributed by atoms with E-state index in [0.29, 0.717) is 47.0 Å². The van der Waals surface area contributed by atoms with Crippen molar-refractivity contribution in [2.45, 2.75) is 77.4 Å². The van der Waals surface area contributed by atoms with Gasteiger partial charge in [0, 0.05) is 19.2 Å². The van der Waals surface area contributed by atoms with Crippen LogP contribution >= 0.6 is 0 Å². The van der Waals surface area contributed by atoms with Gasteiger partial charge in [0.25, 0.3) is 0 Å². The van der Waals surface area contributed by atoms with Crippen molar-refractivity contribution in [2.75, 3.05) is 13.7 Å². The molecule has 10 atom stereocenters. The maximum Gasteiger partial charge on any atom is 0.162 e. The van der Waals surface area contributed by atoms with E-state index in [4.69, 9.17) is 10.00 Å². The molecule has 0 radical (unpaired) electrons. The van der Waals surface area contributed by atoms with Crippen molar-refractivity contribution in [1.82, 2.24) is 9.78 Å². The van der Waals surface area contributed by atoms with Gasteiger partial charge in [-0.2, -0.15) is 10.4 Å². The molecule has 0 amide bonds. The van der Waals surface area contributed by atoms with Crippen molar-refractivity contribution in [3.05, 3.63) is 18.0 Å². The molecule has 5 aliphatic rings. The van der Waals surface area contributed by atoms with Gasteiger partial charge in [-0.25, -0.2) is 0 Å². The van der Waals surface area contributed by atoms with Gasteiger partial charge < -0.3 is 9.84 Å². The summed E-state index contributed by atoms with van der Waals surface area (Å²) in [5, 5.41) is 24.2. The summed E-state index contributed by atoms with van der Waals surface area (Å²) in [5.41, 5.74) is 0.108. The Balaban J connectivity index is 1.27. The molecule has 34 heavy (non-hydrogen) atoms. The highest BCUT2D eigenvalue weighted by Gasteiger charge is 2.72. The van der Waals surface area contributed by atoms with E-state index in [9.17, 15) is 9.90 Å². The SMILES string of the molecule is COC[C@]12CC[C@@](C)(O)C[C@H]1CC[C@@H]1[C@@H]2CC[C@]2(C)C(C(=O)Cn3ccc(C#N)n3)C3CC3[C@@H]12. The van der Waals surface area contributed by atoms with E-state index in [1.54, 1.807) is 16.9 Å². The van der Waals surface area contributed by atoms with Crippen molar-refractivity contribution in [3.8, 4) is 6.07 Å². The third-order valence-electron chi connectivity index (χ3n) is 11.3. The fourth-order valence-corrected chi connectivity index (χ4v) is 10.1. The van der Waals surface area contributed by atoms with Gasteiger partial charge in [0.15, 0.2) is 11.5 Å². The Morgan fingerprint density at radius 3 is 2.79 bits per heavy atom. The van der Waals surface area contributed by atoms with Gasteiger partial charge in [0.2, 0.25) is 0 Å². The molecule has 6 rings (SSSR count). The zero-order valence-corrected chi connectivity index (χ0v) is 20.9. The van der Waals surface area contributed by atoms with Crippen LogP contribution in [0.15, 0.2) is 12.3 Å². The molecule has 1 heterocycles. The van der Waals surface area contributed by atoms with Crippen molar-refractivity contribution in [2.24, 2.45) is 52.3 Å². The summed E-state index contributed by atoms with van der Waals surface area (Å²) in [6.45, 7) is 5.55. The molecule has 0 saturated heterocycles. The van der Waals surface area contributed by atoms with Crippen LogP contribution < -0.4 is 0 Å². The molecule has 1 N–H and O–H groups in total. The Morgan fingerprint density at radius 1 is 1.24 bits per heavy atom. The lowest BCUT2D eigenvalue weighted by molar-refractivity contribution is -0.179. The van der Waals surface area contributed by atoms with Gasteiger partial charge in [0.05, 0.1) is 18.8 Å². The third kappa shape index (κ3) is 3.19. The Labute approximate surface area is 203 Å². The highest BCUT2D eigenvalue weighted by Crippen LogP contribution is 2.76. The van der Waals surface area contributed by atoms with Crippen molar-refractivity contribution in [1.29, 1.82) is 5.26 Å². The molecule has 6 heteroatoms. The summed E-state index contributed by atoms with van der Waals surface area (Å²) in [6, 6.07) is 3.75. The molecule has 1 aromatic heterocycles. The number of Topliss-reactive ketones (excluding diaryl/α,β-unsaturated/α-hetero) is 1. The largest absolute Gasteiger partial charge is 0.390 e. The van der Waals surface area contributed by atoms with Crippen LogP contribution in [0.1, 0.15) is 70.9 Å². The minimum Gasteiger partial charge on any atom is -0.390 e. The predicted molar refractivity (Wildman–Crippen MR) is 126 cm³/mol. The van der Waals surface area contributed by atoms with Gasteiger partial charge in [-0.05, 0) is 111 Å². The number of hydrogen-bond donors (Lipinski definition) is 1. The van der Waals surface area contributed by atoms with E-state index in [2.05, 4.69) is 18.1 Å². The first-order valence-corrected chi connectivity index (χ1v) is 13.4. The molecule has 5 saturated carbocycles. The molecule has 5 fully saturated rings. The van der Waals surface area contributed by atoms with Gasteiger partial charge in [-0.15, -0.1) is 0 Å². The second kappa shape index (κ2) is 7.64. The Bertz CT molecular complexity index is 1030. The third-order valence-corrected chi connectivity index (χ3v) is 11.3. The topological polar surface area (TPSA) is 88.1 Å². The monoisotopic (exact) mass is 465 g/mol. The normalized spacial score (nSPS) is 48.7. The number of ketones is 1. The fourth-order valence-electron chi connectivity index (χ4n) is 10.1. The standard InChI is InChI=1S/C28H39N3O3/c1-26(33)9-10-28(16-34-3)17(13-26)4-5-19-22(28)6-8-27(2)24(19)20-12-21(20)25(27)23(32)15-31-11-7-18(14-29)30-31/h7,11,17,19-22,24-25,33H,4-6,8-10,12-13,15-16H2,1-3H3/t17-,19-,20?,21?,22+,24-,25?,26-,27+,28-/m1/s1. The number of rotatable bonds is 5. The minimum absolute atomic E-state index is 0.0816. The number of aromatic nitrogens is 2. The Hall–Kier alpha value is -1.71. The van der Waals surface area contributed by atoms with Crippen LogP contribution in [0.2, 0.25) is 0 Å². The molecule has 6 nitrogen and oxygen atoms in total. The average Bonchev–Trinajstić information content (AvgIpc) is 3.30. The summed E-state index contributed by atoms with van der Waals surface area (Å²) in [6.07, 6.45) is 10.6. The number of methoxy groups -OCH3 is 1. The number of nitriles is 1. The highest BCUT2D eigenvalue weighted by atomic mass is 16.5. The first-order valence-electron chi connectivity index (χ1n) is 13.4. The number of carbonyl (C=O) groups excluding carboxylic acids is 1. The van der Waals surface area contributed by atoms with Crippen molar-refractivity contribution < 1.29 is 14.6 Å². The summed E-state index contributed by atoms with van der Waals surface area (Å²) >= 11 is 0. The Morgan fingerprint density at radius 2 is 2.06 bits per heavy atom. The van der Waals surface area contributed by atoms with E-state index >= 15 is 0 Å². The lowest BCUT2D eigenvalue weighted by Crippen LogP contribution is -2.59. The first kappa shape index (κ1) is 22.7. The maximum atomic E-state index is 13.6. The number of carbonyl (C=O) groups is 1. The van der Waals surface area contributed by atoms with Gasteiger partial charge in [0.1, 0.15) is 6.07 Å². The second-order valence-electron chi connectivity index (χ2n) is 13.0. The molecular formula is C28H39N3O3. The van der Waals surface area contributed by atoms with E-state index in [-0.39, 0.29) is 23.3 Å². The van der Waals surface area contributed by atoms with Crippen LogP contribution in [0.5, 0.6) is 0 Å². The highest BCUT2D eigenvalue weighted by molar-refractivity contribution is 5.83. The Kier molecular flexibility index (Phi) is 5.11. The van der Waals surface area contributed by atoms with E-state index in [0.717, 1.165) is 32.3 Å². The zero-order chi connectivity index (χ0) is 23.9. The molecule has 0 bridgehead atoms. The van der Waals surface area contributed by atoms with Crippen LogP contribution in [-0.2, 0) is 16.1 Å². The molecule has 1 aromatic rings. The van der Waals surface area contributed by atoms with Gasteiger partial charge >= 0.3 is 0 Å². The van der Waals surface area contributed by atoms with Crippen LogP contribution in [0.4, 0.5) is 0 Å². The molecule has 0 aromatic carbocycles. The minimum atomic E-state index is -0.539. The number of aliphatic hydroxyl groups is 1. The van der Waals surface area contributed by atoms with E-state index in [1.807, 2.05) is 14.0 Å². The zero-order valence-electron chi connectivity index (χ0n) is 20.9. The molecule has 184 valence electrons. The quantitative estimate of drug-likeness (QED) is 0.704. The second-order valence-corrected chi connectivity index (χ2v) is 13.0. The van der Waals surface area contributed by atoms with Gasteiger partial charge in [-0.3, -0.25) is 9.48 Å². The van der Waals surface area contributed by atoms with E-state index < -0.39 is 5.60 Å². The van der Waals surface area contributed by atoms with Crippen LogP contribution in [0.25, 0.3) is 0 Å². The van der Waals surface area contributed by atoms with E-state index in [1.165, 1.54) is 25.7 Å².